The monoisotopic (exact) mass is 309 g/mol. The van der Waals surface area contributed by atoms with Gasteiger partial charge in [0.1, 0.15) is 0 Å². The van der Waals surface area contributed by atoms with Crippen molar-refractivity contribution in [2.24, 2.45) is 0 Å². The average molecular weight is 310 g/mol. The van der Waals surface area contributed by atoms with Gasteiger partial charge < -0.3 is 10.0 Å². The molecule has 0 radical (unpaired) electrons. The molecule has 2 nitrogen and oxygen atoms in total. The van der Waals surface area contributed by atoms with Crippen molar-refractivity contribution in [2.45, 2.75) is 20.1 Å². The number of aliphatic hydroxyl groups excluding tert-OH is 1. The molecule has 0 saturated carbocycles. The highest BCUT2D eigenvalue weighted by atomic mass is 35.5. The highest BCUT2D eigenvalue weighted by molar-refractivity contribution is 6.31. The van der Waals surface area contributed by atoms with Gasteiger partial charge in [-0.1, -0.05) is 41.4 Å². The van der Waals surface area contributed by atoms with Crippen LogP contribution in [-0.4, -0.2) is 11.7 Å². The molecule has 0 aliphatic carbocycles. The minimum Gasteiger partial charge on any atom is -0.392 e. The molecule has 2 aromatic carbocycles. The van der Waals surface area contributed by atoms with Crippen LogP contribution in [0.3, 0.4) is 0 Å². The van der Waals surface area contributed by atoms with Crippen molar-refractivity contribution in [3.8, 4) is 0 Å². The Morgan fingerprint density at radius 1 is 1.05 bits per heavy atom. The summed E-state index contributed by atoms with van der Waals surface area (Å²) < 4.78 is 0. The molecule has 4 heteroatoms. The molecule has 20 heavy (non-hydrogen) atoms. The first-order valence-corrected chi connectivity index (χ1v) is 7.28. The van der Waals surface area contributed by atoms with Gasteiger partial charge in [-0.05, 0) is 42.3 Å². The minimum absolute atomic E-state index is 0.0393. The molecule has 0 bridgehead atoms. The molecule has 0 fully saturated rings. The topological polar surface area (TPSA) is 23.5 Å². The molecule has 2 rings (SSSR count). The fourth-order valence-electron chi connectivity index (χ4n) is 2.06. The van der Waals surface area contributed by atoms with Crippen LogP contribution in [0, 0.1) is 0 Å². The second-order valence-corrected chi connectivity index (χ2v) is 5.42. The zero-order chi connectivity index (χ0) is 14.5. The Hall–Kier alpha value is -1.22. The van der Waals surface area contributed by atoms with Crippen molar-refractivity contribution in [2.75, 3.05) is 11.4 Å². The Morgan fingerprint density at radius 2 is 1.75 bits per heavy atom. The van der Waals surface area contributed by atoms with E-state index >= 15 is 0 Å². The molecule has 0 aliphatic rings. The quantitative estimate of drug-likeness (QED) is 0.878. The standard InChI is InChI=1S/C16H17Cl2NO/c1-2-19(10-12-3-6-14(17)7-4-12)15-8-5-13(11-20)16(18)9-15/h3-9,20H,2,10-11H2,1H3. The number of benzene rings is 2. The largest absolute Gasteiger partial charge is 0.392 e. The number of hydrogen-bond donors (Lipinski definition) is 1. The van der Waals surface area contributed by atoms with E-state index in [0.717, 1.165) is 29.4 Å². The van der Waals surface area contributed by atoms with Crippen LogP contribution in [0.15, 0.2) is 42.5 Å². The van der Waals surface area contributed by atoms with E-state index in [0.29, 0.717) is 5.02 Å². The molecular weight excluding hydrogens is 293 g/mol. The van der Waals surface area contributed by atoms with Crippen LogP contribution in [-0.2, 0) is 13.2 Å². The van der Waals surface area contributed by atoms with Gasteiger partial charge >= 0.3 is 0 Å². The molecular formula is C16H17Cl2NO. The number of rotatable bonds is 5. The van der Waals surface area contributed by atoms with Gasteiger partial charge in [0.15, 0.2) is 0 Å². The summed E-state index contributed by atoms with van der Waals surface area (Å²) in [7, 11) is 0. The molecule has 0 heterocycles. The Bertz CT molecular complexity index is 569. The number of aliphatic hydroxyl groups is 1. The van der Waals surface area contributed by atoms with Gasteiger partial charge in [-0.3, -0.25) is 0 Å². The molecule has 106 valence electrons. The molecule has 1 N–H and O–H groups in total. The first-order chi connectivity index (χ1) is 9.63. The third-order valence-corrected chi connectivity index (χ3v) is 3.84. The van der Waals surface area contributed by atoms with Crippen molar-refractivity contribution < 1.29 is 5.11 Å². The lowest BCUT2D eigenvalue weighted by atomic mass is 10.1. The molecule has 0 spiro atoms. The van der Waals surface area contributed by atoms with Crippen LogP contribution < -0.4 is 4.90 Å². The van der Waals surface area contributed by atoms with Crippen LogP contribution >= 0.6 is 23.2 Å². The van der Waals surface area contributed by atoms with Crippen molar-refractivity contribution in [3.63, 3.8) is 0 Å². The summed E-state index contributed by atoms with van der Waals surface area (Å²) in [5.74, 6) is 0. The number of anilines is 1. The van der Waals surface area contributed by atoms with Crippen molar-refractivity contribution in [1.29, 1.82) is 0 Å². The Kier molecular flexibility index (Phi) is 5.30. The number of nitrogens with zero attached hydrogens (tertiary/aromatic N) is 1. The van der Waals surface area contributed by atoms with E-state index in [1.807, 2.05) is 42.5 Å². The van der Waals surface area contributed by atoms with E-state index in [2.05, 4.69) is 11.8 Å². The van der Waals surface area contributed by atoms with Crippen LogP contribution in [0.25, 0.3) is 0 Å². The van der Waals surface area contributed by atoms with Gasteiger partial charge in [-0.15, -0.1) is 0 Å². The van der Waals surface area contributed by atoms with Gasteiger partial charge in [0.2, 0.25) is 0 Å². The van der Waals surface area contributed by atoms with Gasteiger partial charge in [0.05, 0.1) is 6.61 Å². The SMILES string of the molecule is CCN(Cc1ccc(Cl)cc1)c1ccc(CO)c(Cl)c1. The van der Waals surface area contributed by atoms with Gasteiger partial charge in [-0.2, -0.15) is 0 Å². The zero-order valence-electron chi connectivity index (χ0n) is 11.3. The highest BCUT2D eigenvalue weighted by Gasteiger charge is 2.08. The maximum absolute atomic E-state index is 9.16. The first-order valence-electron chi connectivity index (χ1n) is 6.52. The summed E-state index contributed by atoms with van der Waals surface area (Å²) in [6.07, 6.45) is 0. The molecule has 0 amide bonds. The van der Waals surface area contributed by atoms with Crippen LogP contribution in [0.1, 0.15) is 18.1 Å². The molecule has 0 aliphatic heterocycles. The van der Waals surface area contributed by atoms with Crippen molar-refractivity contribution >= 4 is 28.9 Å². The fourth-order valence-corrected chi connectivity index (χ4v) is 2.42. The summed E-state index contributed by atoms with van der Waals surface area (Å²) in [5.41, 5.74) is 2.99. The maximum Gasteiger partial charge on any atom is 0.0696 e. The van der Waals surface area contributed by atoms with E-state index in [4.69, 9.17) is 28.3 Å². The van der Waals surface area contributed by atoms with E-state index in [1.165, 1.54) is 5.56 Å². The highest BCUT2D eigenvalue weighted by Crippen LogP contribution is 2.25. The summed E-state index contributed by atoms with van der Waals surface area (Å²) >= 11 is 12.0. The smallest absolute Gasteiger partial charge is 0.0696 e. The third-order valence-electron chi connectivity index (χ3n) is 3.24. The molecule has 0 unspecified atom stereocenters. The summed E-state index contributed by atoms with van der Waals surface area (Å²) in [6.45, 7) is 3.73. The first kappa shape index (κ1) is 15.2. The normalized spacial score (nSPS) is 10.6. The summed E-state index contributed by atoms with van der Waals surface area (Å²) in [5, 5.41) is 10.5. The minimum atomic E-state index is -0.0393. The Morgan fingerprint density at radius 3 is 2.30 bits per heavy atom. The van der Waals surface area contributed by atoms with Gasteiger partial charge in [0, 0.05) is 28.8 Å². The van der Waals surface area contributed by atoms with E-state index in [-0.39, 0.29) is 6.61 Å². The van der Waals surface area contributed by atoms with Crippen LogP contribution in [0.2, 0.25) is 10.0 Å². The van der Waals surface area contributed by atoms with Crippen LogP contribution in [0.5, 0.6) is 0 Å². The zero-order valence-corrected chi connectivity index (χ0v) is 12.8. The lowest BCUT2D eigenvalue weighted by Crippen LogP contribution is -2.21. The van der Waals surface area contributed by atoms with Crippen molar-refractivity contribution in [3.05, 3.63) is 63.6 Å². The second kappa shape index (κ2) is 6.98. The number of halogens is 2. The summed E-state index contributed by atoms with van der Waals surface area (Å²) in [6, 6.07) is 13.6. The van der Waals surface area contributed by atoms with Crippen molar-refractivity contribution in [1.82, 2.24) is 0 Å². The summed E-state index contributed by atoms with van der Waals surface area (Å²) in [4.78, 5) is 2.22. The Labute approximate surface area is 129 Å². The second-order valence-electron chi connectivity index (χ2n) is 4.57. The molecule has 0 saturated heterocycles. The van der Waals surface area contributed by atoms with Gasteiger partial charge in [-0.25, -0.2) is 0 Å². The van der Waals surface area contributed by atoms with E-state index in [9.17, 15) is 0 Å². The van der Waals surface area contributed by atoms with Gasteiger partial charge in [0.25, 0.3) is 0 Å². The lowest BCUT2D eigenvalue weighted by molar-refractivity contribution is 0.282. The van der Waals surface area contributed by atoms with Crippen LogP contribution in [0.4, 0.5) is 5.69 Å². The van der Waals surface area contributed by atoms with E-state index < -0.39 is 0 Å². The molecule has 0 aromatic heterocycles. The molecule has 2 aromatic rings. The predicted molar refractivity (Wildman–Crippen MR) is 85.6 cm³/mol. The number of hydrogen-bond acceptors (Lipinski definition) is 2. The Balaban J connectivity index is 2.19. The average Bonchev–Trinajstić information content (AvgIpc) is 2.46. The lowest BCUT2D eigenvalue weighted by Gasteiger charge is -2.24. The van der Waals surface area contributed by atoms with E-state index in [1.54, 1.807) is 0 Å². The molecule has 0 atom stereocenters. The maximum atomic E-state index is 9.16. The fraction of sp³-hybridized carbons (Fsp3) is 0.250. The third kappa shape index (κ3) is 3.66. The predicted octanol–water partition coefficient (Wildman–Crippen LogP) is 4.51.